The van der Waals surface area contributed by atoms with Crippen molar-refractivity contribution in [1.29, 1.82) is 0 Å². The van der Waals surface area contributed by atoms with Crippen LogP contribution >= 0.6 is 11.6 Å². The van der Waals surface area contributed by atoms with E-state index in [1.165, 1.54) is 0 Å². The third-order valence-corrected chi connectivity index (χ3v) is 2.12. The van der Waals surface area contributed by atoms with Gasteiger partial charge in [0.25, 0.3) is 0 Å². The van der Waals surface area contributed by atoms with Gasteiger partial charge in [-0.1, -0.05) is 26.7 Å². The molecule has 0 saturated heterocycles. The Balaban J connectivity index is 3.46. The molecule has 0 aliphatic rings. The summed E-state index contributed by atoms with van der Waals surface area (Å²) in [5.74, 6) is 0.211. The number of Topliss-reactive ketones (excluding diaryl/α,β-unsaturated/α-hetero) is 1. The van der Waals surface area contributed by atoms with Crippen LogP contribution < -0.4 is 0 Å². The van der Waals surface area contributed by atoms with Crippen LogP contribution in [0.4, 0.5) is 0 Å². The predicted molar refractivity (Wildman–Crippen MR) is 49.1 cm³/mol. The van der Waals surface area contributed by atoms with Gasteiger partial charge in [-0.25, -0.2) is 0 Å². The highest BCUT2D eigenvalue weighted by molar-refractivity contribution is 6.31. The summed E-state index contributed by atoms with van der Waals surface area (Å²) in [6.45, 7) is 4.11. The maximum Gasteiger partial charge on any atom is 0.150 e. The van der Waals surface area contributed by atoms with Crippen LogP contribution in [0.3, 0.4) is 0 Å². The first-order valence-electron chi connectivity index (χ1n) is 4.39. The fraction of sp³-hybridized carbons (Fsp3) is 0.889. The van der Waals surface area contributed by atoms with Gasteiger partial charge in [-0.05, 0) is 12.8 Å². The lowest BCUT2D eigenvalue weighted by Crippen LogP contribution is -2.13. The molecule has 1 atom stereocenters. The molecular formula is C9H17ClO. The van der Waals surface area contributed by atoms with Gasteiger partial charge in [-0.3, -0.25) is 4.79 Å². The molecule has 0 N–H and O–H groups in total. The van der Waals surface area contributed by atoms with Gasteiger partial charge in [0.05, 0.1) is 5.38 Å². The van der Waals surface area contributed by atoms with Crippen molar-refractivity contribution in [2.24, 2.45) is 0 Å². The van der Waals surface area contributed by atoms with E-state index in [4.69, 9.17) is 11.6 Å². The molecule has 0 rings (SSSR count). The van der Waals surface area contributed by atoms with Gasteiger partial charge in [0.2, 0.25) is 0 Å². The molecule has 0 aromatic heterocycles. The summed E-state index contributed by atoms with van der Waals surface area (Å²) in [6, 6.07) is 0. The van der Waals surface area contributed by atoms with E-state index in [0.717, 1.165) is 25.7 Å². The molecule has 1 nitrogen and oxygen atoms in total. The number of carbonyl (C=O) groups is 1. The average Bonchev–Trinajstić information content (AvgIpc) is 2.00. The standard InChI is InChI=1S/C9H17ClO/c1-3-5-7-8(10)9(11)6-4-2/h8H,3-7H2,1-2H3. The Kier molecular flexibility index (Phi) is 6.63. The Labute approximate surface area is 74.1 Å². The molecule has 0 aliphatic carbocycles. The average molecular weight is 177 g/mol. The smallest absolute Gasteiger partial charge is 0.150 e. The summed E-state index contributed by atoms with van der Waals surface area (Å²) in [5, 5.41) is -0.227. The minimum absolute atomic E-state index is 0.211. The van der Waals surface area contributed by atoms with Gasteiger partial charge in [-0.2, -0.15) is 0 Å². The van der Waals surface area contributed by atoms with Crippen LogP contribution in [0.15, 0.2) is 0 Å². The maximum absolute atomic E-state index is 11.1. The molecule has 66 valence electrons. The lowest BCUT2D eigenvalue weighted by Gasteiger charge is -2.05. The van der Waals surface area contributed by atoms with Gasteiger partial charge in [0.1, 0.15) is 0 Å². The zero-order chi connectivity index (χ0) is 8.69. The molecule has 0 aromatic carbocycles. The highest BCUT2D eigenvalue weighted by Crippen LogP contribution is 2.10. The van der Waals surface area contributed by atoms with Gasteiger partial charge < -0.3 is 0 Å². The van der Waals surface area contributed by atoms with Gasteiger partial charge >= 0.3 is 0 Å². The van der Waals surface area contributed by atoms with Gasteiger partial charge in [0, 0.05) is 6.42 Å². The summed E-state index contributed by atoms with van der Waals surface area (Å²) in [6.07, 6.45) is 4.56. The minimum atomic E-state index is -0.227. The summed E-state index contributed by atoms with van der Waals surface area (Å²) >= 11 is 5.84. The van der Waals surface area contributed by atoms with Crippen LogP contribution in [-0.2, 0) is 4.79 Å². The van der Waals surface area contributed by atoms with Crippen LogP contribution in [-0.4, -0.2) is 11.2 Å². The summed E-state index contributed by atoms with van der Waals surface area (Å²) in [7, 11) is 0. The van der Waals surface area contributed by atoms with E-state index < -0.39 is 0 Å². The third kappa shape index (κ3) is 5.25. The van der Waals surface area contributed by atoms with E-state index in [1.54, 1.807) is 0 Å². The number of ketones is 1. The minimum Gasteiger partial charge on any atom is -0.298 e. The first-order valence-corrected chi connectivity index (χ1v) is 4.82. The highest BCUT2D eigenvalue weighted by atomic mass is 35.5. The SMILES string of the molecule is CCCCC(Cl)C(=O)CCC. The molecule has 0 spiro atoms. The Morgan fingerprint density at radius 2 is 2.00 bits per heavy atom. The van der Waals surface area contributed by atoms with E-state index in [1.807, 2.05) is 6.92 Å². The van der Waals surface area contributed by atoms with Crippen molar-refractivity contribution in [3.63, 3.8) is 0 Å². The van der Waals surface area contributed by atoms with Crippen molar-refractivity contribution >= 4 is 17.4 Å². The fourth-order valence-corrected chi connectivity index (χ4v) is 1.21. The number of halogens is 1. The van der Waals surface area contributed by atoms with E-state index in [2.05, 4.69) is 6.92 Å². The van der Waals surface area contributed by atoms with Crippen LogP contribution in [0.1, 0.15) is 46.0 Å². The van der Waals surface area contributed by atoms with Crippen LogP contribution in [0.5, 0.6) is 0 Å². The van der Waals surface area contributed by atoms with Gasteiger partial charge in [0.15, 0.2) is 5.78 Å². The van der Waals surface area contributed by atoms with E-state index in [0.29, 0.717) is 6.42 Å². The molecule has 11 heavy (non-hydrogen) atoms. The third-order valence-electron chi connectivity index (χ3n) is 1.66. The molecule has 0 bridgehead atoms. The number of alkyl halides is 1. The van der Waals surface area contributed by atoms with Crippen LogP contribution in [0.25, 0.3) is 0 Å². The molecule has 0 aromatic rings. The van der Waals surface area contributed by atoms with E-state index >= 15 is 0 Å². The van der Waals surface area contributed by atoms with Crippen molar-refractivity contribution in [1.82, 2.24) is 0 Å². The Hall–Kier alpha value is -0.0400. The monoisotopic (exact) mass is 176 g/mol. The Morgan fingerprint density at radius 1 is 1.36 bits per heavy atom. The van der Waals surface area contributed by atoms with Crippen molar-refractivity contribution in [3.05, 3.63) is 0 Å². The second-order valence-corrected chi connectivity index (χ2v) is 3.35. The number of unbranched alkanes of at least 4 members (excludes halogenated alkanes) is 1. The number of hydrogen-bond donors (Lipinski definition) is 0. The zero-order valence-corrected chi connectivity index (χ0v) is 8.16. The number of hydrogen-bond acceptors (Lipinski definition) is 1. The number of carbonyl (C=O) groups excluding carboxylic acids is 1. The maximum atomic E-state index is 11.1. The highest BCUT2D eigenvalue weighted by Gasteiger charge is 2.12. The van der Waals surface area contributed by atoms with Crippen LogP contribution in [0.2, 0.25) is 0 Å². The first kappa shape index (κ1) is 11.0. The molecular weight excluding hydrogens is 160 g/mol. The number of rotatable bonds is 6. The Morgan fingerprint density at radius 3 is 2.45 bits per heavy atom. The molecule has 0 heterocycles. The fourth-order valence-electron chi connectivity index (χ4n) is 0.947. The summed E-state index contributed by atoms with van der Waals surface area (Å²) in [4.78, 5) is 11.1. The summed E-state index contributed by atoms with van der Waals surface area (Å²) in [5.41, 5.74) is 0. The lowest BCUT2D eigenvalue weighted by molar-refractivity contribution is -0.118. The molecule has 0 fully saturated rings. The lowest BCUT2D eigenvalue weighted by atomic mass is 10.1. The second kappa shape index (κ2) is 6.66. The van der Waals surface area contributed by atoms with Crippen molar-refractivity contribution in [2.75, 3.05) is 0 Å². The molecule has 0 radical (unpaired) electrons. The quantitative estimate of drug-likeness (QED) is 0.569. The Bertz CT molecular complexity index is 112. The largest absolute Gasteiger partial charge is 0.298 e. The predicted octanol–water partition coefficient (Wildman–Crippen LogP) is 3.15. The molecule has 0 saturated carbocycles. The van der Waals surface area contributed by atoms with Crippen molar-refractivity contribution in [2.45, 2.75) is 51.3 Å². The molecule has 0 amide bonds. The van der Waals surface area contributed by atoms with Gasteiger partial charge in [-0.15, -0.1) is 11.6 Å². The molecule has 0 aliphatic heterocycles. The normalized spacial score (nSPS) is 13.0. The summed E-state index contributed by atoms with van der Waals surface area (Å²) < 4.78 is 0. The topological polar surface area (TPSA) is 17.1 Å². The van der Waals surface area contributed by atoms with Crippen molar-refractivity contribution in [3.8, 4) is 0 Å². The van der Waals surface area contributed by atoms with Crippen molar-refractivity contribution < 1.29 is 4.79 Å². The molecule has 2 heteroatoms. The second-order valence-electron chi connectivity index (χ2n) is 2.83. The van der Waals surface area contributed by atoms with E-state index in [9.17, 15) is 4.79 Å². The molecule has 1 unspecified atom stereocenters. The zero-order valence-electron chi connectivity index (χ0n) is 7.40. The van der Waals surface area contributed by atoms with Crippen LogP contribution in [0, 0.1) is 0 Å². The first-order chi connectivity index (χ1) is 5.22. The van der Waals surface area contributed by atoms with E-state index in [-0.39, 0.29) is 11.2 Å².